The van der Waals surface area contributed by atoms with E-state index in [0.29, 0.717) is 31.7 Å². The van der Waals surface area contributed by atoms with Gasteiger partial charge in [0, 0.05) is 26.3 Å². The molecule has 0 fully saturated rings. The summed E-state index contributed by atoms with van der Waals surface area (Å²) in [6.07, 6.45) is 0.570. The Morgan fingerprint density at radius 3 is 2.88 bits per heavy atom. The fourth-order valence-electron chi connectivity index (χ4n) is 3.36. The number of hydrogen-bond acceptors (Lipinski definition) is 4. The number of ether oxygens (including phenoxy) is 1. The topological polar surface area (TPSA) is 78.5 Å². The van der Waals surface area contributed by atoms with Gasteiger partial charge >= 0.3 is 0 Å². The second-order valence-corrected chi connectivity index (χ2v) is 6.53. The van der Waals surface area contributed by atoms with Gasteiger partial charge in [-0.25, -0.2) is 0 Å². The zero-order valence-electron chi connectivity index (χ0n) is 15.4. The van der Waals surface area contributed by atoms with Gasteiger partial charge < -0.3 is 14.5 Å². The second kappa shape index (κ2) is 7.70. The van der Waals surface area contributed by atoms with E-state index in [1.807, 2.05) is 37.3 Å². The van der Waals surface area contributed by atoms with Gasteiger partial charge in [-0.1, -0.05) is 25.1 Å². The van der Waals surface area contributed by atoms with E-state index in [1.54, 1.807) is 24.0 Å². The molecular formula is C19H24N4O3. The van der Waals surface area contributed by atoms with Crippen LogP contribution in [0.25, 0.3) is 0 Å². The Bertz CT molecular complexity index is 802. The first-order valence-corrected chi connectivity index (χ1v) is 8.71. The van der Waals surface area contributed by atoms with Crippen molar-refractivity contribution in [3.05, 3.63) is 52.8 Å². The molecule has 0 spiro atoms. The number of amides is 2. The van der Waals surface area contributed by atoms with E-state index in [9.17, 15) is 9.59 Å². The summed E-state index contributed by atoms with van der Waals surface area (Å²) in [6.45, 7) is 3.24. The number of benzene rings is 1. The van der Waals surface area contributed by atoms with E-state index in [2.05, 4.69) is 10.2 Å². The average molecular weight is 356 g/mol. The van der Waals surface area contributed by atoms with E-state index in [0.717, 1.165) is 17.0 Å². The molecule has 2 aromatic rings. The summed E-state index contributed by atoms with van der Waals surface area (Å²) < 4.78 is 5.05. The van der Waals surface area contributed by atoms with Crippen LogP contribution in [0.5, 0.6) is 0 Å². The molecule has 1 atom stereocenters. The smallest absolute Gasteiger partial charge is 0.255 e. The number of nitrogens with one attached hydrogen (secondary N) is 1. The first kappa shape index (κ1) is 18.1. The second-order valence-electron chi connectivity index (χ2n) is 6.53. The summed E-state index contributed by atoms with van der Waals surface area (Å²) in [4.78, 5) is 29.0. The maximum absolute atomic E-state index is 13.0. The molecule has 1 aromatic carbocycles. The van der Waals surface area contributed by atoms with Crippen molar-refractivity contribution in [1.82, 2.24) is 20.0 Å². The predicted octanol–water partition coefficient (Wildman–Crippen LogP) is 1.95. The van der Waals surface area contributed by atoms with Crippen LogP contribution in [0.1, 0.15) is 40.7 Å². The van der Waals surface area contributed by atoms with Crippen LogP contribution in [0.2, 0.25) is 0 Å². The van der Waals surface area contributed by atoms with Crippen LogP contribution in [0.4, 0.5) is 0 Å². The zero-order valence-corrected chi connectivity index (χ0v) is 15.4. The molecule has 0 bridgehead atoms. The number of hydrogen-bond donors (Lipinski definition) is 1. The largest absolute Gasteiger partial charge is 0.378 e. The first-order chi connectivity index (χ1) is 12.5. The minimum Gasteiger partial charge on any atom is -0.378 e. The quantitative estimate of drug-likeness (QED) is 0.822. The maximum Gasteiger partial charge on any atom is 0.255 e. The number of nitrogens with zero attached hydrogens (tertiary/aromatic N) is 3. The van der Waals surface area contributed by atoms with Gasteiger partial charge in [0.2, 0.25) is 5.91 Å². The molecule has 1 N–H and O–H groups in total. The van der Waals surface area contributed by atoms with Crippen LogP contribution in [0, 0.1) is 0 Å². The fraction of sp³-hybridized carbons (Fsp3) is 0.421. The molecule has 2 heterocycles. The number of rotatable bonds is 7. The molecule has 0 aliphatic carbocycles. The molecule has 1 aromatic heterocycles. The zero-order chi connectivity index (χ0) is 18.7. The van der Waals surface area contributed by atoms with Crippen molar-refractivity contribution in [2.45, 2.75) is 39.1 Å². The highest BCUT2D eigenvalue weighted by atomic mass is 16.5. The van der Waals surface area contributed by atoms with Gasteiger partial charge in [-0.2, -0.15) is 5.10 Å². The predicted molar refractivity (Wildman–Crippen MR) is 96.2 cm³/mol. The molecule has 0 radical (unpaired) electrons. The molecule has 7 heteroatoms. The lowest BCUT2D eigenvalue weighted by molar-refractivity contribution is -0.135. The lowest BCUT2D eigenvalue weighted by atomic mass is 10.1. The Morgan fingerprint density at radius 1 is 1.42 bits per heavy atom. The van der Waals surface area contributed by atoms with Crippen LogP contribution in [-0.4, -0.2) is 52.0 Å². The van der Waals surface area contributed by atoms with Crippen LogP contribution < -0.4 is 0 Å². The van der Waals surface area contributed by atoms with Crippen LogP contribution >= 0.6 is 0 Å². The van der Waals surface area contributed by atoms with Crippen molar-refractivity contribution in [3.63, 3.8) is 0 Å². The van der Waals surface area contributed by atoms with Crippen molar-refractivity contribution in [2.24, 2.45) is 0 Å². The number of fused-ring (bicyclic) bond motifs is 1. The van der Waals surface area contributed by atoms with Gasteiger partial charge in [0.05, 0.1) is 24.5 Å². The van der Waals surface area contributed by atoms with Gasteiger partial charge in [-0.15, -0.1) is 0 Å². The minimum absolute atomic E-state index is 0.0712. The average Bonchev–Trinajstić information content (AvgIpc) is 3.21. The molecule has 26 heavy (non-hydrogen) atoms. The number of carbonyl (C=O) groups is 2. The van der Waals surface area contributed by atoms with E-state index in [-0.39, 0.29) is 11.8 Å². The third-order valence-electron chi connectivity index (χ3n) is 4.66. The summed E-state index contributed by atoms with van der Waals surface area (Å²) >= 11 is 0. The lowest BCUT2D eigenvalue weighted by Gasteiger charge is -2.29. The van der Waals surface area contributed by atoms with Crippen molar-refractivity contribution >= 4 is 11.8 Å². The van der Waals surface area contributed by atoms with Crippen LogP contribution in [0.3, 0.4) is 0 Å². The third kappa shape index (κ3) is 3.48. The Hall–Kier alpha value is -2.67. The summed E-state index contributed by atoms with van der Waals surface area (Å²) in [5.74, 6) is -0.144. The number of carbonyl (C=O) groups excluding carboxylic acids is 2. The van der Waals surface area contributed by atoms with Gasteiger partial charge in [0.15, 0.2) is 0 Å². The molecular weight excluding hydrogens is 332 g/mol. The van der Waals surface area contributed by atoms with E-state index < -0.39 is 6.04 Å². The Labute approximate surface area is 152 Å². The number of aromatic nitrogens is 2. The maximum atomic E-state index is 13.0. The molecule has 138 valence electrons. The minimum atomic E-state index is -0.471. The Balaban J connectivity index is 1.69. The van der Waals surface area contributed by atoms with E-state index >= 15 is 0 Å². The van der Waals surface area contributed by atoms with E-state index in [4.69, 9.17) is 4.74 Å². The molecule has 3 rings (SSSR count). The van der Waals surface area contributed by atoms with Crippen LogP contribution in [0.15, 0.2) is 30.3 Å². The normalized spacial score (nSPS) is 14.4. The summed E-state index contributed by atoms with van der Waals surface area (Å²) in [6, 6.07) is 8.94. The third-order valence-corrected chi connectivity index (χ3v) is 4.66. The molecule has 1 aliphatic heterocycles. The monoisotopic (exact) mass is 356 g/mol. The molecule has 2 amide bonds. The first-order valence-electron chi connectivity index (χ1n) is 8.71. The standard InChI is InChI=1S/C19H24N4O3/c1-4-17(23-10-13-7-5-6-8-16(13)18(23)24)19(25)22(2)11-14-9-15(12-26-3)21-20-14/h5-9,17H,4,10-12H2,1-3H3,(H,20,21). The fourth-order valence-corrected chi connectivity index (χ4v) is 3.36. The SMILES string of the molecule is CCC(C(=O)N(C)Cc1cc(COC)n[nH]1)N1Cc2ccccc2C1=O. The molecule has 1 unspecified atom stereocenters. The molecule has 7 nitrogen and oxygen atoms in total. The molecule has 1 aliphatic rings. The van der Waals surface area contributed by atoms with Crippen molar-refractivity contribution in [3.8, 4) is 0 Å². The molecule has 0 saturated carbocycles. The van der Waals surface area contributed by atoms with Crippen molar-refractivity contribution in [2.75, 3.05) is 14.2 Å². The number of likely N-dealkylation sites (N-methyl/N-ethyl adjacent to an activating group) is 1. The van der Waals surface area contributed by atoms with Gasteiger partial charge in [-0.3, -0.25) is 14.7 Å². The lowest BCUT2D eigenvalue weighted by Crippen LogP contribution is -2.47. The Kier molecular flexibility index (Phi) is 5.37. The van der Waals surface area contributed by atoms with Crippen LogP contribution in [-0.2, 0) is 29.2 Å². The number of methoxy groups -OCH3 is 1. The number of aromatic amines is 1. The van der Waals surface area contributed by atoms with Crippen molar-refractivity contribution in [1.29, 1.82) is 0 Å². The van der Waals surface area contributed by atoms with Gasteiger partial charge in [0.1, 0.15) is 6.04 Å². The molecule has 0 saturated heterocycles. The van der Waals surface area contributed by atoms with Gasteiger partial charge in [0.25, 0.3) is 5.91 Å². The van der Waals surface area contributed by atoms with Crippen molar-refractivity contribution < 1.29 is 14.3 Å². The van der Waals surface area contributed by atoms with E-state index in [1.165, 1.54) is 0 Å². The number of H-pyrrole nitrogens is 1. The van der Waals surface area contributed by atoms with Gasteiger partial charge in [-0.05, 0) is 24.1 Å². The summed E-state index contributed by atoms with van der Waals surface area (Å²) in [7, 11) is 3.36. The highest BCUT2D eigenvalue weighted by Gasteiger charge is 2.36. The summed E-state index contributed by atoms with van der Waals surface area (Å²) in [5, 5.41) is 7.07. The Morgan fingerprint density at radius 2 is 2.19 bits per heavy atom. The highest BCUT2D eigenvalue weighted by Crippen LogP contribution is 2.26. The summed E-state index contributed by atoms with van der Waals surface area (Å²) in [5.41, 5.74) is 3.29. The highest BCUT2D eigenvalue weighted by molar-refractivity contribution is 6.01.